The van der Waals surface area contributed by atoms with Gasteiger partial charge in [0.15, 0.2) is 5.65 Å². The number of nitrogens with one attached hydrogen (secondary N) is 2. The number of amides is 1. The molecule has 1 amide bonds. The van der Waals surface area contributed by atoms with Crippen molar-refractivity contribution in [2.24, 2.45) is 0 Å². The Kier molecular flexibility index (Phi) is 5.40. The minimum Gasteiger partial charge on any atom is -0.494 e. The van der Waals surface area contributed by atoms with E-state index in [9.17, 15) is 4.79 Å². The smallest absolute Gasteiger partial charge is 0.230 e. The molecule has 9 heteroatoms. The Morgan fingerprint density at radius 3 is 3.19 bits per heavy atom. The number of hydrogen-bond donors (Lipinski definition) is 2. The fourth-order valence-electron chi connectivity index (χ4n) is 3.07. The molecule has 1 atom stereocenters. The Labute approximate surface area is 160 Å². The molecule has 1 saturated heterocycles. The fourth-order valence-corrected chi connectivity index (χ4v) is 3.68. The largest absolute Gasteiger partial charge is 0.494 e. The predicted molar refractivity (Wildman–Crippen MR) is 103 cm³/mol. The highest BCUT2D eigenvalue weighted by Gasteiger charge is 2.16. The summed E-state index contributed by atoms with van der Waals surface area (Å²) in [4.78, 5) is 19.7. The SMILES string of the molecule is CCOc1ccc2[nH]c3nc(SCC(=O)NC[C@H]4CCCO4)nnc3c2c1. The molecule has 0 spiro atoms. The van der Waals surface area contributed by atoms with Crippen molar-refractivity contribution in [3.05, 3.63) is 18.2 Å². The third kappa shape index (κ3) is 4.14. The molecule has 0 saturated carbocycles. The molecule has 8 nitrogen and oxygen atoms in total. The van der Waals surface area contributed by atoms with Gasteiger partial charge in [-0.3, -0.25) is 4.79 Å². The van der Waals surface area contributed by atoms with E-state index in [1.165, 1.54) is 11.8 Å². The van der Waals surface area contributed by atoms with Crippen LogP contribution in [0.2, 0.25) is 0 Å². The Morgan fingerprint density at radius 1 is 1.44 bits per heavy atom. The van der Waals surface area contributed by atoms with Crippen molar-refractivity contribution >= 4 is 39.7 Å². The molecule has 0 unspecified atom stereocenters. The first-order chi connectivity index (χ1) is 13.2. The van der Waals surface area contributed by atoms with E-state index in [1.54, 1.807) is 0 Å². The molecule has 2 aromatic heterocycles. The number of ether oxygens (including phenoxy) is 2. The normalized spacial score (nSPS) is 16.9. The average Bonchev–Trinajstić information content (AvgIpc) is 3.32. The van der Waals surface area contributed by atoms with Crippen molar-refractivity contribution in [1.29, 1.82) is 0 Å². The van der Waals surface area contributed by atoms with Crippen LogP contribution in [0, 0.1) is 0 Å². The number of carbonyl (C=O) groups excluding carboxylic acids is 1. The van der Waals surface area contributed by atoms with Gasteiger partial charge in [0.1, 0.15) is 11.3 Å². The van der Waals surface area contributed by atoms with Crippen LogP contribution in [0.25, 0.3) is 22.1 Å². The third-order valence-electron chi connectivity index (χ3n) is 4.36. The lowest BCUT2D eigenvalue weighted by Crippen LogP contribution is -2.32. The van der Waals surface area contributed by atoms with Gasteiger partial charge in [-0.1, -0.05) is 11.8 Å². The Balaban J connectivity index is 1.42. The molecule has 4 rings (SSSR count). The van der Waals surface area contributed by atoms with Crippen molar-refractivity contribution in [1.82, 2.24) is 25.5 Å². The average molecular weight is 387 g/mol. The zero-order valence-electron chi connectivity index (χ0n) is 15.0. The number of nitrogens with zero attached hydrogens (tertiary/aromatic N) is 3. The number of H-pyrrole nitrogens is 1. The number of fused-ring (bicyclic) bond motifs is 3. The molecule has 0 radical (unpaired) electrons. The van der Waals surface area contributed by atoms with Gasteiger partial charge in [0.05, 0.1) is 18.5 Å². The number of aromatic amines is 1. The molecular formula is C18H21N5O3S. The lowest BCUT2D eigenvalue weighted by molar-refractivity contribution is -0.119. The highest BCUT2D eigenvalue weighted by atomic mass is 32.2. The highest BCUT2D eigenvalue weighted by Crippen LogP contribution is 2.27. The van der Waals surface area contributed by atoms with Crippen molar-refractivity contribution in [3.63, 3.8) is 0 Å². The first-order valence-electron chi connectivity index (χ1n) is 9.03. The molecule has 0 aliphatic carbocycles. The van der Waals surface area contributed by atoms with Crippen molar-refractivity contribution in [2.75, 3.05) is 25.5 Å². The number of hydrogen-bond acceptors (Lipinski definition) is 7. The van der Waals surface area contributed by atoms with Gasteiger partial charge in [-0.25, -0.2) is 4.98 Å². The summed E-state index contributed by atoms with van der Waals surface area (Å²) < 4.78 is 11.0. The molecule has 3 aromatic rings. The van der Waals surface area contributed by atoms with Crippen LogP contribution < -0.4 is 10.1 Å². The van der Waals surface area contributed by atoms with Crippen LogP contribution in [-0.4, -0.2) is 57.7 Å². The van der Waals surface area contributed by atoms with E-state index in [0.29, 0.717) is 29.5 Å². The van der Waals surface area contributed by atoms with E-state index in [2.05, 4.69) is 25.5 Å². The van der Waals surface area contributed by atoms with Crippen LogP contribution in [0.1, 0.15) is 19.8 Å². The zero-order valence-corrected chi connectivity index (χ0v) is 15.8. The van der Waals surface area contributed by atoms with E-state index in [4.69, 9.17) is 9.47 Å². The second-order valence-corrected chi connectivity index (χ2v) is 7.23. The summed E-state index contributed by atoms with van der Waals surface area (Å²) in [5.41, 5.74) is 2.27. The highest BCUT2D eigenvalue weighted by molar-refractivity contribution is 7.99. The van der Waals surface area contributed by atoms with Crippen molar-refractivity contribution in [2.45, 2.75) is 31.0 Å². The summed E-state index contributed by atoms with van der Waals surface area (Å²) >= 11 is 1.26. The minimum absolute atomic E-state index is 0.0581. The number of carbonyl (C=O) groups is 1. The molecule has 1 aromatic carbocycles. The lowest BCUT2D eigenvalue weighted by atomic mass is 10.2. The van der Waals surface area contributed by atoms with E-state index < -0.39 is 0 Å². The number of thioether (sulfide) groups is 1. The standard InChI is InChI=1S/C18H21N5O3S/c1-2-25-11-5-6-14-13(8-11)16-17(20-14)21-18(23-22-16)27-10-15(24)19-9-12-4-3-7-26-12/h5-6,8,12H,2-4,7,9-10H2,1H3,(H,19,24)(H,20,21,23)/t12-/m1/s1. The molecule has 2 N–H and O–H groups in total. The van der Waals surface area contributed by atoms with Crippen LogP contribution in [0.15, 0.2) is 23.4 Å². The number of aromatic nitrogens is 4. The fraction of sp³-hybridized carbons (Fsp3) is 0.444. The topological polar surface area (TPSA) is 102 Å². The summed E-state index contributed by atoms with van der Waals surface area (Å²) in [6, 6.07) is 5.77. The lowest BCUT2D eigenvalue weighted by Gasteiger charge is -2.10. The van der Waals surface area contributed by atoms with Gasteiger partial charge < -0.3 is 19.8 Å². The van der Waals surface area contributed by atoms with Gasteiger partial charge in [-0.2, -0.15) is 0 Å². The van der Waals surface area contributed by atoms with Crippen molar-refractivity contribution < 1.29 is 14.3 Å². The van der Waals surface area contributed by atoms with E-state index in [1.807, 2.05) is 25.1 Å². The molecule has 0 bridgehead atoms. The number of benzene rings is 1. The summed E-state index contributed by atoms with van der Waals surface area (Å²) in [5.74, 6) is 0.973. The maximum absolute atomic E-state index is 12.0. The summed E-state index contributed by atoms with van der Waals surface area (Å²) in [6.07, 6.45) is 2.20. The molecule has 1 aliphatic heterocycles. The third-order valence-corrected chi connectivity index (χ3v) is 5.20. The van der Waals surface area contributed by atoms with Gasteiger partial charge in [0.2, 0.25) is 11.1 Å². The Morgan fingerprint density at radius 2 is 2.37 bits per heavy atom. The van der Waals surface area contributed by atoms with E-state index >= 15 is 0 Å². The zero-order chi connectivity index (χ0) is 18.6. The molecule has 1 aliphatic rings. The van der Waals surface area contributed by atoms with Crippen LogP contribution in [0.3, 0.4) is 0 Å². The van der Waals surface area contributed by atoms with Crippen molar-refractivity contribution in [3.8, 4) is 5.75 Å². The van der Waals surface area contributed by atoms with Gasteiger partial charge in [-0.15, -0.1) is 10.2 Å². The van der Waals surface area contributed by atoms with Gasteiger partial charge in [0.25, 0.3) is 0 Å². The van der Waals surface area contributed by atoms with E-state index in [-0.39, 0.29) is 17.8 Å². The van der Waals surface area contributed by atoms with Crippen LogP contribution in [-0.2, 0) is 9.53 Å². The summed E-state index contributed by atoms with van der Waals surface area (Å²) in [6.45, 7) is 3.89. The van der Waals surface area contributed by atoms with Gasteiger partial charge in [-0.05, 0) is 38.0 Å². The molecule has 3 heterocycles. The molecular weight excluding hydrogens is 366 g/mol. The van der Waals surface area contributed by atoms with Crippen LogP contribution >= 0.6 is 11.8 Å². The summed E-state index contributed by atoms with van der Waals surface area (Å²) in [5, 5.41) is 12.7. The second-order valence-electron chi connectivity index (χ2n) is 6.28. The first-order valence-corrected chi connectivity index (χ1v) is 10.0. The van der Waals surface area contributed by atoms with E-state index in [0.717, 1.165) is 36.1 Å². The molecule has 27 heavy (non-hydrogen) atoms. The molecule has 1 fully saturated rings. The second kappa shape index (κ2) is 8.10. The monoisotopic (exact) mass is 387 g/mol. The van der Waals surface area contributed by atoms with Crippen LogP contribution in [0.5, 0.6) is 5.75 Å². The van der Waals surface area contributed by atoms with Gasteiger partial charge in [0, 0.05) is 24.1 Å². The minimum atomic E-state index is -0.0581. The quantitative estimate of drug-likeness (QED) is 0.600. The molecule has 142 valence electrons. The van der Waals surface area contributed by atoms with Gasteiger partial charge >= 0.3 is 0 Å². The maximum Gasteiger partial charge on any atom is 0.230 e. The Bertz CT molecular complexity index is 955. The number of rotatable bonds is 7. The maximum atomic E-state index is 12.0. The first kappa shape index (κ1) is 18.0. The summed E-state index contributed by atoms with van der Waals surface area (Å²) in [7, 11) is 0. The predicted octanol–water partition coefficient (Wildman–Crippen LogP) is 2.29. The van der Waals surface area contributed by atoms with Crippen LogP contribution in [0.4, 0.5) is 0 Å². The Hall–Kier alpha value is -2.39.